The lowest BCUT2D eigenvalue weighted by molar-refractivity contribution is -0.157. The molecule has 38 heavy (non-hydrogen) atoms. The van der Waals surface area contributed by atoms with E-state index in [4.69, 9.17) is 14.2 Å². The van der Waals surface area contributed by atoms with Crippen molar-refractivity contribution in [1.29, 1.82) is 0 Å². The summed E-state index contributed by atoms with van der Waals surface area (Å²) in [5.74, 6) is 3.29. The molecule has 0 aliphatic heterocycles. The van der Waals surface area contributed by atoms with Crippen LogP contribution in [0.15, 0.2) is 24.4 Å². The monoisotopic (exact) mass is 517 g/mol. The molecule has 1 heterocycles. The molecule has 8 heteroatoms. The van der Waals surface area contributed by atoms with Crippen LogP contribution in [0.5, 0.6) is 17.2 Å². The molecule has 8 nitrogen and oxygen atoms in total. The second kappa shape index (κ2) is 7.13. The standard InChI is InChI=1S/C30H35N3O5/c1-36-22-11-19-20(12-23(22)37-2)31-10-3-21(19)38-30-16-29(30,17-30)33-25(35)27-7-4-26(5-8-27,6-9-27)24(34)32-28-13-18(14-28)15-28/h3,10-12,18H,4-9,13-17H2,1-2H3,(H,32,34)(H,33,35). The molecule has 0 saturated heterocycles. The van der Waals surface area contributed by atoms with Crippen molar-refractivity contribution >= 4 is 22.7 Å². The maximum Gasteiger partial charge on any atom is 0.226 e. The number of fused-ring (bicyclic) bond motifs is 5. The van der Waals surface area contributed by atoms with E-state index in [1.165, 1.54) is 19.3 Å². The van der Waals surface area contributed by atoms with Crippen molar-refractivity contribution in [3.63, 3.8) is 0 Å². The summed E-state index contributed by atoms with van der Waals surface area (Å²) in [5, 5.41) is 7.71. The van der Waals surface area contributed by atoms with Crippen molar-refractivity contribution in [2.45, 2.75) is 87.3 Å². The number of aromatic nitrogens is 1. The molecule has 2 amide bonds. The Bertz CT molecular complexity index is 1350. The number of nitrogens with zero attached hydrogens (tertiary/aromatic N) is 1. The Labute approximate surface area is 222 Å². The highest BCUT2D eigenvalue weighted by molar-refractivity contribution is 5.90. The molecule has 8 fully saturated rings. The molecule has 0 radical (unpaired) electrons. The summed E-state index contributed by atoms with van der Waals surface area (Å²) < 4.78 is 17.5. The maximum atomic E-state index is 13.7. The van der Waals surface area contributed by atoms with Gasteiger partial charge in [-0.05, 0) is 75.8 Å². The number of carbonyl (C=O) groups excluding carboxylic acids is 2. The summed E-state index contributed by atoms with van der Waals surface area (Å²) in [6, 6.07) is 5.64. The van der Waals surface area contributed by atoms with E-state index in [9.17, 15) is 9.59 Å². The van der Waals surface area contributed by atoms with Gasteiger partial charge >= 0.3 is 0 Å². The van der Waals surface area contributed by atoms with E-state index in [0.717, 1.165) is 73.9 Å². The molecule has 0 atom stereocenters. The van der Waals surface area contributed by atoms with E-state index in [0.29, 0.717) is 11.5 Å². The van der Waals surface area contributed by atoms with Crippen LogP contribution in [0.1, 0.15) is 70.6 Å². The Balaban J connectivity index is 0.937. The zero-order valence-corrected chi connectivity index (χ0v) is 22.2. The summed E-state index contributed by atoms with van der Waals surface area (Å²) >= 11 is 0. The van der Waals surface area contributed by atoms with Gasteiger partial charge in [-0.1, -0.05) is 0 Å². The third-order valence-electron chi connectivity index (χ3n) is 11.3. The third-order valence-corrected chi connectivity index (χ3v) is 11.3. The van der Waals surface area contributed by atoms with Gasteiger partial charge in [0.2, 0.25) is 11.8 Å². The number of pyridine rings is 1. The van der Waals surface area contributed by atoms with Gasteiger partial charge in [-0.15, -0.1) is 0 Å². The van der Waals surface area contributed by atoms with Gasteiger partial charge in [-0.3, -0.25) is 14.6 Å². The summed E-state index contributed by atoms with van der Waals surface area (Å²) in [7, 11) is 3.23. The first kappa shape index (κ1) is 22.9. The molecule has 10 rings (SSSR count). The van der Waals surface area contributed by atoms with E-state index in [1.807, 2.05) is 18.2 Å². The summed E-state index contributed by atoms with van der Waals surface area (Å²) in [5.41, 5.74) is -0.296. The average molecular weight is 518 g/mol. The van der Waals surface area contributed by atoms with E-state index in [1.54, 1.807) is 20.4 Å². The normalized spacial score (nSPS) is 40.7. The van der Waals surface area contributed by atoms with Crippen LogP contribution in [0, 0.1) is 16.7 Å². The molecule has 4 bridgehead atoms. The fraction of sp³-hybridized carbons (Fsp3) is 0.633. The molecule has 2 N–H and O–H groups in total. The van der Waals surface area contributed by atoms with Crippen molar-refractivity contribution in [3.8, 4) is 17.2 Å². The molecule has 8 aliphatic carbocycles. The van der Waals surface area contributed by atoms with Gasteiger partial charge in [-0.2, -0.15) is 0 Å². The summed E-state index contributed by atoms with van der Waals surface area (Å²) in [6.45, 7) is 0. The Morgan fingerprint density at radius 1 is 0.842 bits per heavy atom. The van der Waals surface area contributed by atoms with Crippen LogP contribution in [-0.4, -0.2) is 47.7 Å². The lowest BCUT2D eigenvalue weighted by atomic mass is 9.48. The predicted octanol–water partition coefficient (Wildman–Crippen LogP) is 4.04. The SMILES string of the molecule is COc1cc2nccc(OC34CC3(NC(=O)C35CCC(C(=O)NC67CC(C6)C7)(CC3)CC5)C4)c2cc1OC. The number of hydrogen-bond donors (Lipinski definition) is 2. The highest BCUT2D eigenvalue weighted by Crippen LogP contribution is 2.73. The Kier molecular flexibility index (Phi) is 4.30. The molecule has 8 saturated carbocycles. The van der Waals surface area contributed by atoms with Crippen molar-refractivity contribution in [3.05, 3.63) is 24.4 Å². The van der Waals surface area contributed by atoms with Gasteiger partial charge in [-0.25, -0.2) is 0 Å². The number of rotatable bonds is 8. The average Bonchev–Trinajstić information content (AvgIpc) is 3.70. The lowest BCUT2D eigenvalue weighted by Crippen LogP contribution is -2.70. The van der Waals surface area contributed by atoms with E-state index in [2.05, 4.69) is 15.6 Å². The minimum atomic E-state index is -0.337. The molecule has 0 unspecified atom stereocenters. The topological polar surface area (TPSA) is 98.8 Å². The number of hydrogen-bond acceptors (Lipinski definition) is 6. The van der Waals surface area contributed by atoms with E-state index < -0.39 is 0 Å². The zero-order valence-electron chi connectivity index (χ0n) is 22.2. The van der Waals surface area contributed by atoms with Crippen LogP contribution in [-0.2, 0) is 9.59 Å². The first-order valence-electron chi connectivity index (χ1n) is 14.1. The zero-order chi connectivity index (χ0) is 26.0. The van der Waals surface area contributed by atoms with Crippen LogP contribution in [0.4, 0.5) is 0 Å². The fourth-order valence-electron chi connectivity index (χ4n) is 8.18. The predicted molar refractivity (Wildman–Crippen MR) is 139 cm³/mol. The summed E-state index contributed by atoms with van der Waals surface area (Å²) in [4.78, 5) is 31.4. The van der Waals surface area contributed by atoms with E-state index >= 15 is 0 Å². The van der Waals surface area contributed by atoms with Crippen molar-refractivity contribution < 1.29 is 23.8 Å². The Hall–Kier alpha value is -3.03. The second-order valence-electron chi connectivity index (χ2n) is 13.3. The van der Waals surface area contributed by atoms with Gasteiger partial charge in [0, 0.05) is 46.9 Å². The molecule has 8 aliphatic rings. The minimum absolute atomic E-state index is 0.123. The summed E-state index contributed by atoms with van der Waals surface area (Å²) in [6.07, 6.45) is 11.8. The van der Waals surface area contributed by atoms with Crippen molar-refractivity contribution in [2.24, 2.45) is 16.7 Å². The smallest absolute Gasteiger partial charge is 0.226 e. The van der Waals surface area contributed by atoms with Gasteiger partial charge in [0.15, 0.2) is 11.5 Å². The van der Waals surface area contributed by atoms with Crippen LogP contribution in [0.3, 0.4) is 0 Å². The third kappa shape index (κ3) is 2.94. The molecule has 200 valence electrons. The molecule has 1 aromatic carbocycles. The second-order valence-corrected chi connectivity index (χ2v) is 13.3. The quantitative estimate of drug-likeness (QED) is 0.548. The molecular weight excluding hydrogens is 482 g/mol. The number of benzene rings is 1. The largest absolute Gasteiger partial charge is 0.493 e. The minimum Gasteiger partial charge on any atom is -0.493 e. The highest BCUT2D eigenvalue weighted by Gasteiger charge is 2.88. The number of amides is 2. The number of ether oxygens (including phenoxy) is 3. The number of carbonyl (C=O) groups is 2. The Morgan fingerprint density at radius 2 is 1.42 bits per heavy atom. The lowest BCUT2D eigenvalue weighted by Gasteiger charge is -2.63. The van der Waals surface area contributed by atoms with Crippen molar-refractivity contribution in [1.82, 2.24) is 15.6 Å². The van der Waals surface area contributed by atoms with Gasteiger partial charge in [0.1, 0.15) is 11.4 Å². The van der Waals surface area contributed by atoms with Crippen molar-refractivity contribution in [2.75, 3.05) is 14.2 Å². The molecule has 1 aromatic heterocycles. The Morgan fingerprint density at radius 3 is 1.97 bits per heavy atom. The van der Waals surface area contributed by atoms with Gasteiger partial charge < -0.3 is 24.8 Å². The number of nitrogens with one attached hydrogen (secondary N) is 2. The van der Waals surface area contributed by atoms with Gasteiger partial charge in [0.25, 0.3) is 0 Å². The van der Waals surface area contributed by atoms with Crippen LogP contribution in [0.25, 0.3) is 10.9 Å². The van der Waals surface area contributed by atoms with E-state index in [-0.39, 0.29) is 39.3 Å². The first-order chi connectivity index (χ1) is 18.3. The fourth-order valence-corrected chi connectivity index (χ4v) is 8.18. The maximum absolute atomic E-state index is 13.7. The molecule has 2 aromatic rings. The van der Waals surface area contributed by atoms with Crippen LogP contribution >= 0.6 is 0 Å². The van der Waals surface area contributed by atoms with Crippen LogP contribution in [0.2, 0.25) is 0 Å². The molecule has 0 spiro atoms. The number of methoxy groups -OCH3 is 2. The van der Waals surface area contributed by atoms with Crippen LogP contribution < -0.4 is 24.8 Å². The highest BCUT2D eigenvalue weighted by atomic mass is 16.5. The van der Waals surface area contributed by atoms with Gasteiger partial charge in [0.05, 0.1) is 25.3 Å². The molecular formula is C30H35N3O5. The first-order valence-corrected chi connectivity index (χ1v) is 14.1.